The summed E-state index contributed by atoms with van der Waals surface area (Å²) in [4.78, 5) is 23.0. The van der Waals surface area contributed by atoms with E-state index in [1.807, 2.05) is 6.92 Å². The van der Waals surface area contributed by atoms with E-state index in [2.05, 4.69) is 20.2 Å². The molecule has 11 heteroatoms. The maximum Gasteiger partial charge on any atom is 0.416 e. The second-order valence-corrected chi connectivity index (χ2v) is 7.97. The largest absolute Gasteiger partial charge is 0.416 e. The minimum Gasteiger partial charge on any atom is -0.368 e. The third-order valence-electron chi connectivity index (χ3n) is 5.56. The number of benzene rings is 2. The molecule has 3 N–H and O–H groups in total. The molecular weight excluding hydrogens is 457 g/mol. The van der Waals surface area contributed by atoms with Gasteiger partial charge in [-0.1, -0.05) is 6.07 Å². The average Bonchev–Trinajstić information content (AvgIpc) is 2.79. The molecule has 0 unspecified atom stereocenters. The number of rotatable bonds is 4. The number of fused-ring (bicyclic) bond motifs is 1. The lowest BCUT2D eigenvalue weighted by molar-refractivity contribution is -0.137. The normalized spacial score (nSPS) is 13.7. The number of hydrogen-bond acceptors (Lipinski definition) is 5. The third-order valence-corrected chi connectivity index (χ3v) is 5.56. The van der Waals surface area contributed by atoms with E-state index in [-0.39, 0.29) is 5.95 Å². The molecule has 1 aliphatic heterocycles. The number of carbonyl (C=O) groups excluding carboxylic acids is 1. The van der Waals surface area contributed by atoms with Gasteiger partial charge in [-0.25, -0.2) is 18.7 Å². The summed E-state index contributed by atoms with van der Waals surface area (Å²) < 4.78 is 65.6. The SMILES string of the molecule is Cc1ccc(NC(=O)c2cc(C(F)F)cc(C(F)(F)F)c2)cc1N1CCc2nc(N)ncc2C1. The first-order valence-electron chi connectivity index (χ1n) is 10.3. The van der Waals surface area contributed by atoms with Gasteiger partial charge in [0.25, 0.3) is 12.3 Å². The molecule has 0 radical (unpaired) electrons. The molecule has 0 aliphatic carbocycles. The highest BCUT2D eigenvalue weighted by atomic mass is 19.4. The van der Waals surface area contributed by atoms with Crippen LogP contribution in [0.1, 0.15) is 44.7 Å². The van der Waals surface area contributed by atoms with E-state index in [9.17, 15) is 26.7 Å². The van der Waals surface area contributed by atoms with Crippen LogP contribution in [0.3, 0.4) is 0 Å². The smallest absolute Gasteiger partial charge is 0.368 e. The van der Waals surface area contributed by atoms with Crippen LogP contribution in [0.4, 0.5) is 39.3 Å². The lowest BCUT2D eigenvalue weighted by Crippen LogP contribution is -2.32. The lowest BCUT2D eigenvalue weighted by atomic mass is 10.0. The first-order valence-corrected chi connectivity index (χ1v) is 10.3. The van der Waals surface area contributed by atoms with E-state index in [4.69, 9.17) is 5.73 Å². The van der Waals surface area contributed by atoms with Crippen LogP contribution in [-0.4, -0.2) is 22.4 Å². The predicted molar refractivity (Wildman–Crippen MR) is 117 cm³/mol. The minimum atomic E-state index is -4.87. The number of nitrogens with zero attached hydrogens (tertiary/aromatic N) is 3. The Balaban J connectivity index is 1.59. The standard InChI is InChI=1S/C23H20F5N5O/c1-12-2-3-17(9-19(12)33-5-4-18-15(11-33)10-30-22(29)32-18)31-21(34)14-6-13(20(24)25)7-16(8-14)23(26,27)28/h2-3,6-10,20H,4-5,11H2,1H3,(H,31,34)(H2,29,30,32). The Morgan fingerprint density at radius 3 is 2.65 bits per heavy atom. The number of aromatic nitrogens is 2. The van der Waals surface area contributed by atoms with Gasteiger partial charge in [-0.05, 0) is 42.8 Å². The van der Waals surface area contributed by atoms with Gasteiger partial charge in [-0.2, -0.15) is 13.2 Å². The maximum atomic E-state index is 13.1. The van der Waals surface area contributed by atoms with E-state index in [0.29, 0.717) is 37.3 Å². The molecule has 0 spiro atoms. The first-order chi connectivity index (χ1) is 16.0. The maximum absolute atomic E-state index is 13.1. The molecule has 1 aliphatic rings. The molecule has 1 amide bonds. The molecule has 2 aromatic carbocycles. The molecule has 0 saturated heterocycles. The second-order valence-electron chi connectivity index (χ2n) is 7.97. The molecular formula is C23H20F5N5O. The van der Waals surface area contributed by atoms with Gasteiger partial charge in [-0.15, -0.1) is 0 Å². The molecule has 0 saturated carbocycles. The zero-order chi connectivity index (χ0) is 24.6. The molecule has 34 heavy (non-hydrogen) atoms. The Morgan fingerprint density at radius 2 is 1.94 bits per heavy atom. The fourth-order valence-electron chi connectivity index (χ4n) is 3.84. The van der Waals surface area contributed by atoms with Crippen LogP contribution in [0.2, 0.25) is 0 Å². The van der Waals surface area contributed by atoms with Crippen molar-refractivity contribution in [3.8, 4) is 0 Å². The van der Waals surface area contributed by atoms with Gasteiger partial charge < -0.3 is 16.0 Å². The van der Waals surface area contributed by atoms with Crippen LogP contribution < -0.4 is 16.0 Å². The number of aryl methyl sites for hydroxylation is 1. The van der Waals surface area contributed by atoms with E-state index >= 15 is 0 Å². The van der Waals surface area contributed by atoms with Crippen LogP contribution in [0, 0.1) is 6.92 Å². The third kappa shape index (κ3) is 4.92. The summed E-state index contributed by atoms with van der Waals surface area (Å²) in [6.45, 7) is 3.03. The molecule has 1 aromatic heterocycles. The Labute approximate surface area is 191 Å². The molecule has 178 valence electrons. The number of alkyl halides is 5. The van der Waals surface area contributed by atoms with Gasteiger partial charge in [0.15, 0.2) is 0 Å². The summed E-state index contributed by atoms with van der Waals surface area (Å²) in [5.41, 5.74) is 6.77. The monoisotopic (exact) mass is 477 g/mol. The van der Waals surface area contributed by atoms with E-state index in [0.717, 1.165) is 28.6 Å². The van der Waals surface area contributed by atoms with Gasteiger partial charge in [-0.3, -0.25) is 4.79 Å². The van der Waals surface area contributed by atoms with Crippen molar-refractivity contribution in [2.24, 2.45) is 0 Å². The molecule has 0 atom stereocenters. The number of anilines is 3. The molecule has 6 nitrogen and oxygen atoms in total. The van der Waals surface area contributed by atoms with Crippen molar-refractivity contribution in [3.05, 3.63) is 76.1 Å². The highest BCUT2D eigenvalue weighted by Gasteiger charge is 2.32. The Morgan fingerprint density at radius 1 is 1.18 bits per heavy atom. The van der Waals surface area contributed by atoms with Crippen molar-refractivity contribution in [2.45, 2.75) is 32.5 Å². The number of nitrogens with two attached hydrogens (primary N) is 1. The van der Waals surface area contributed by atoms with Crippen LogP contribution in [0.15, 0.2) is 42.6 Å². The van der Waals surface area contributed by atoms with Gasteiger partial charge in [0.2, 0.25) is 5.95 Å². The van der Waals surface area contributed by atoms with Gasteiger partial charge in [0.05, 0.1) is 11.3 Å². The quantitative estimate of drug-likeness (QED) is 0.509. The summed E-state index contributed by atoms with van der Waals surface area (Å²) in [6, 6.07) is 6.72. The minimum absolute atomic E-state index is 0.206. The zero-order valence-corrected chi connectivity index (χ0v) is 18.0. The number of nitrogen functional groups attached to an aromatic ring is 1. The fourth-order valence-corrected chi connectivity index (χ4v) is 3.84. The lowest BCUT2D eigenvalue weighted by Gasteiger charge is -2.31. The van der Waals surface area contributed by atoms with E-state index in [1.165, 1.54) is 0 Å². The Hall–Kier alpha value is -3.76. The Bertz CT molecular complexity index is 1240. The molecule has 0 fully saturated rings. The van der Waals surface area contributed by atoms with Gasteiger partial charge in [0.1, 0.15) is 0 Å². The highest BCUT2D eigenvalue weighted by Crippen LogP contribution is 2.34. The number of halogens is 5. The summed E-state index contributed by atoms with van der Waals surface area (Å²) in [5, 5.41) is 2.52. The zero-order valence-electron chi connectivity index (χ0n) is 18.0. The van der Waals surface area contributed by atoms with Gasteiger partial charge >= 0.3 is 6.18 Å². The summed E-state index contributed by atoms with van der Waals surface area (Å²) >= 11 is 0. The molecule has 4 rings (SSSR count). The first kappa shape index (κ1) is 23.4. The van der Waals surface area contributed by atoms with E-state index < -0.39 is 35.2 Å². The van der Waals surface area contributed by atoms with Crippen molar-refractivity contribution in [1.29, 1.82) is 0 Å². The second kappa shape index (κ2) is 8.88. The Kier molecular flexibility index (Phi) is 6.11. The predicted octanol–water partition coefficient (Wildman–Crippen LogP) is 5.14. The highest BCUT2D eigenvalue weighted by molar-refractivity contribution is 6.04. The molecule has 0 bridgehead atoms. The number of nitrogens with one attached hydrogen (secondary N) is 1. The molecule has 2 heterocycles. The van der Waals surface area contributed by atoms with Crippen molar-refractivity contribution in [2.75, 3.05) is 22.5 Å². The number of carbonyl (C=O) groups is 1. The van der Waals surface area contributed by atoms with Crippen molar-refractivity contribution in [3.63, 3.8) is 0 Å². The van der Waals surface area contributed by atoms with Crippen molar-refractivity contribution < 1.29 is 26.7 Å². The average molecular weight is 477 g/mol. The number of amides is 1. The summed E-state index contributed by atoms with van der Waals surface area (Å²) in [7, 11) is 0. The van der Waals surface area contributed by atoms with Crippen LogP contribution >= 0.6 is 0 Å². The van der Waals surface area contributed by atoms with Crippen molar-refractivity contribution in [1.82, 2.24) is 9.97 Å². The van der Waals surface area contributed by atoms with Crippen molar-refractivity contribution >= 4 is 23.2 Å². The van der Waals surface area contributed by atoms with Crippen LogP contribution in [0.5, 0.6) is 0 Å². The number of hydrogen-bond donors (Lipinski definition) is 2. The van der Waals surface area contributed by atoms with Crippen LogP contribution in [0.25, 0.3) is 0 Å². The topological polar surface area (TPSA) is 84.1 Å². The summed E-state index contributed by atoms with van der Waals surface area (Å²) in [6.07, 6.45) is -5.71. The van der Waals surface area contributed by atoms with E-state index in [1.54, 1.807) is 24.4 Å². The van der Waals surface area contributed by atoms with Gasteiger partial charge in [0, 0.05) is 53.8 Å². The van der Waals surface area contributed by atoms with Crippen LogP contribution in [-0.2, 0) is 19.1 Å². The molecule has 3 aromatic rings. The summed E-state index contributed by atoms with van der Waals surface area (Å²) in [5.74, 6) is -0.714. The fraction of sp³-hybridized carbons (Fsp3) is 0.261.